The fraction of sp³-hybridized carbons (Fsp3) is 0.818. The zero-order valence-electron chi connectivity index (χ0n) is 10.4. The topological polar surface area (TPSA) is 49.9 Å². The summed E-state index contributed by atoms with van der Waals surface area (Å²) in [7, 11) is 1.62. The van der Waals surface area contributed by atoms with E-state index in [1.54, 1.807) is 12.0 Å². The van der Waals surface area contributed by atoms with Gasteiger partial charge in [-0.05, 0) is 6.92 Å². The van der Waals surface area contributed by atoms with Gasteiger partial charge >= 0.3 is 6.03 Å². The van der Waals surface area contributed by atoms with Crippen molar-refractivity contribution in [2.75, 3.05) is 33.4 Å². The highest BCUT2D eigenvalue weighted by molar-refractivity contribution is 6.02. The lowest BCUT2D eigenvalue weighted by Gasteiger charge is -2.28. The van der Waals surface area contributed by atoms with Crippen LogP contribution in [0, 0.1) is 5.41 Å². The molecule has 5 nitrogen and oxygen atoms in total. The lowest BCUT2D eigenvalue weighted by Crippen LogP contribution is -2.41. The Kier molecular flexibility index (Phi) is 3.91. The second-order valence-electron chi connectivity index (χ2n) is 4.87. The normalized spacial score (nSPS) is 17.5. The van der Waals surface area contributed by atoms with E-state index in [2.05, 4.69) is 0 Å². The molecule has 0 unspecified atom stereocenters. The van der Waals surface area contributed by atoms with Crippen molar-refractivity contribution in [2.45, 2.75) is 20.8 Å². The van der Waals surface area contributed by atoms with Crippen LogP contribution in [-0.4, -0.2) is 55.1 Å². The number of carbonyl (C=O) groups excluding carboxylic acids is 2. The third kappa shape index (κ3) is 2.72. The van der Waals surface area contributed by atoms with Crippen molar-refractivity contribution in [1.29, 1.82) is 0 Å². The molecule has 0 bridgehead atoms. The summed E-state index contributed by atoms with van der Waals surface area (Å²) in [5.41, 5.74) is -0.205. The molecule has 0 aromatic carbocycles. The Balaban J connectivity index is 2.67. The van der Waals surface area contributed by atoms with Crippen LogP contribution in [0.5, 0.6) is 0 Å². The standard InChI is InChI=1S/C11H20N2O3/c1-5-12-6-9(14)13(10(12)15)7-11(2,3)8-16-4/h5-8H2,1-4H3. The minimum atomic E-state index is -0.205. The quantitative estimate of drug-likeness (QED) is 0.658. The van der Waals surface area contributed by atoms with Crippen LogP contribution < -0.4 is 0 Å². The Labute approximate surface area is 96.3 Å². The van der Waals surface area contributed by atoms with Crippen LogP contribution in [0.15, 0.2) is 0 Å². The number of hydrogen-bond donors (Lipinski definition) is 0. The number of amides is 3. The monoisotopic (exact) mass is 228 g/mol. The molecule has 0 N–H and O–H groups in total. The number of carbonyl (C=O) groups is 2. The van der Waals surface area contributed by atoms with Crippen molar-refractivity contribution in [3.05, 3.63) is 0 Å². The number of likely N-dealkylation sites (N-methyl/N-ethyl adjacent to an activating group) is 1. The summed E-state index contributed by atoms with van der Waals surface area (Å²) in [4.78, 5) is 26.3. The van der Waals surface area contributed by atoms with Gasteiger partial charge in [-0.2, -0.15) is 0 Å². The van der Waals surface area contributed by atoms with Gasteiger partial charge in [0, 0.05) is 25.6 Å². The van der Waals surface area contributed by atoms with Gasteiger partial charge in [0.25, 0.3) is 0 Å². The minimum Gasteiger partial charge on any atom is -0.384 e. The Bertz CT molecular complexity index is 289. The number of nitrogens with zero attached hydrogens (tertiary/aromatic N) is 2. The van der Waals surface area contributed by atoms with Crippen molar-refractivity contribution in [1.82, 2.24) is 9.80 Å². The summed E-state index contributed by atoms with van der Waals surface area (Å²) in [6.45, 7) is 7.54. The first-order chi connectivity index (χ1) is 7.41. The van der Waals surface area contributed by atoms with Gasteiger partial charge in [0.05, 0.1) is 6.61 Å². The summed E-state index contributed by atoms with van der Waals surface area (Å²) < 4.78 is 5.08. The molecule has 16 heavy (non-hydrogen) atoms. The van der Waals surface area contributed by atoms with Crippen LogP contribution in [0.4, 0.5) is 4.79 Å². The average molecular weight is 228 g/mol. The van der Waals surface area contributed by atoms with Gasteiger partial charge in [-0.25, -0.2) is 4.79 Å². The second kappa shape index (κ2) is 4.82. The number of imide groups is 1. The molecule has 3 amide bonds. The Morgan fingerprint density at radius 1 is 1.38 bits per heavy atom. The molecular weight excluding hydrogens is 208 g/mol. The maximum absolute atomic E-state index is 11.8. The summed E-state index contributed by atoms with van der Waals surface area (Å²) >= 11 is 0. The van der Waals surface area contributed by atoms with Crippen molar-refractivity contribution < 1.29 is 14.3 Å². The summed E-state index contributed by atoms with van der Waals surface area (Å²) in [6, 6.07) is -0.184. The van der Waals surface area contributed by atoms with Crippen molar-refractivity contribution in [3.63, 3.8) is 0 Å². The zero-order chi connectivity index (χ0) is 12.3. The van der Waals surface area contributed by atoms with Crippen LogP contribution >= 0.6 is 0 Å². The summed E-state index contributed by atoms with van der Waals surface area (Å²) in [5, 5.41) is 0. The van der Waals surface area contributed by atoms with Gasteiger partial charge in [-0.15, -0.1) is 0 Å². The third-order valence-electron chi connectivity index (χ3n) is 2.63. The van der Waals surface area contributed by atoms with E-state index in [0.717, 1.165) is 0 Å². The predicted molar refractivity (Wildman–Crippen MR) is 60.0 cm³/mol. The van der Waals surface area contributed by atoms with Gasteiger partial charge in [-0.3, -0.25) is 9.69 Å². The van der Waals surface area contributed by atoms with Crippen LogP contribution in [0.3, 0.4) is 0 Å². The minimum absolute atomic E-state index is 0.115. The van der Waals surface area contributed by atoms with Gasteiger partial charge in [-0.1, -0.05) is 13.8 Å². The second-order valence-corrected chi connectivity index (χ2v) is 4.87. The van der Waals surface area contributed by atoms with E-state index in [4.69, 9.17) is 4.74 Å². The van der Waals surface area contributed by atoms with Gasteiger partial charge in [0.2, 0.25) is 5.91 Å². The number of methoxy groups -OCH3 is 1. The number of ether oxygens (including phenoxy) is 1. The molecule has 1 rings (SSSR count). The summed E-state index contributed by atoms with van der Waals surface area (Å²) in [6.07, 6.45) is 0. The van der Waals surface area contributed by atoms with Gasteiger partial charge in [0.1, 0.15) is 6.54 Å². The molecule has 5 heteroatoms. The molecule has 1 saturated heterocycles. The number of rotatable bonds is 5. The van der Waals surface area contributed by atoms with Crippen molar-refractivity contribution >= 4 is 11.9 Å². The first kappa shape index (κ1) is 13.0. The SMILES string of the molecule is CCN1CC(=O)N(CC(C)(C)COC)C1=O. The molecule has 1 heterocycles. The van der Waals surface area contributed by atoms with Crippen LogP contribution in [0.25, 0.3) is 0 Å². The molecule has 92 valence electrons. The molecule has 0 saturated carbocycles. The van der Waals surface area contributed by atoms with Crippen molar-refractivity contribution in [2.24, 2.45) is 5.41 Å². The largest absolute Gasteiger partial charge is 0.384 e. The Hall–Kier alpha value is -1.10. The maximum Gasteiger partial charge on any atom is 0.327 e. The number of urea groups is 1. The average Bonchev–Trinajstić information content (AvgIpc) is 2.45. The highest BCUT2D eigenvalue weighted by atomic mass is 16.5. The lowest BCUT2D eigenvalue weighted by atomic mass is 9.94. The van der Waals surface area contributed by atoms with Crippen LogP contribution in [0.1, 0.15) is 20.8 Å². The Morgan fingerprint density at radius 3 is 2.44 bits per heavy atom. The van der Waals surface area contributed by atoms with E-state index in [-0.39, 0.29) is 23.9 Å². The molecule has 1 fully saturated rings. The molecule has 0 atom stereocenters. The molecule has 0 aliphatic carbocycles. The van der Waals surface area contributed by atoms with E-state index < -0.39 is 0 Å². The molecule has 0 aromatic rings. The van der Waals surface area contributed by atoms with E-state index >= 15 is 0 Å². The molecule has 0 aromatic heterocycles. The van der Waals surface area contributed by atoms with Crippen molar-refractivity contribution in [3.8, 4) is 0 Å². The molecule has 0 radical (unpaired) electrons. The van der Waals surface area contributed by atoms with Gasteiger partial charge < -0.3 is 9.64 Å². The molecular formula is C11H20N2O3. The van der Waals surface area contributed by atoms with E-state index in [1.165, 1.54) is 4.90 Å². The van der Waals surface area contributed by atoms with E-state index in [9.17, 15) is 9.59 Å². The van der Waals surface area contributed by atoms with E-state index in [0.29, 0.717) is 19.7 Å². The highest BCUT2D eigenvalue weighted by Crippen LogP contribution is 2.21. The third-order valence-corrected chi connectivity index (χ3v) is 2.63. The highest BCUT2D eigenvalue weighted by Gasteiger charge is 2.38. The molecule has 1 aliphatic rings. The fourth-order valence-electron chi connectivity index (χ4n) is 1.86. The first-order valence-electron chi connectivity index (χ1n) is 5.49. The molecule has 1 aliphatic heterocycles. The zero-order valence-corrected chi connectivity index (χ0v) is 10.4. The molecule has 0 spiro atoms. The number of hydrogen-bond acceptors (Lipinski definition) is 3. The maximum atomic E-state index is 11.8. The van der Waals surface area contributed by atoms with E-state index in [1.807, 2.05) is 20.8 Å². The Morgan fingerprint density at radius 2 is 2.00 bits per heavy atom. The lowest BCUT2D eigenvalue weighted by molar-refractivity contribution is -0.126. The smallest absolute Gasteiger partial charge is 0.327 e. The van der Waals surface area contributed by atoms with Gasteiger partial charge in [0.15, 0.2) is 0 Å². The van der Waals surface area contributed by atoms with Crippen LogP contribution in [0.2, 0.25) is 0 Å². The summed E-state index contributed by atoms with van der Waals surface area (Å²) in [5.74, 6) is -0.115. The van der Waals surface area contributed by atoms with Crippen LogP contribution in [-0.2, 0) is 9.53 Å². The first-order valence-corrected chi connectivity index (χ1v) is 5.49. The predicted octanol–water partition coefficient (Wildman–Crippen LogP) is 0.943. The fourth-order valence-corrected chi connectivity index (χ4v) is 1.86.